The van der Waals surface area contributed by atoms with E-state index < -0.39 is 0 Å². The Labute approximate surface area is 146 Å². The molecule has 2 aromatic carbocycles. The molecule has 1 heterocycles. The minimum absolute atomic E-state index is 0.0532. The first-order valence-corrected chi connectivity index (χ1v) is 7.89. The summed E-state index contributed by atoms with van der Waals surface area (Å²) in [6.45, 7) is 0. The topological polar surface area (TPSA) is 66.0 Å². The highest BCUT2D eigenvalue weighted by atomic mass is 16.5. The van der Waals surface area contributed by atoms with Crippen LogP contribution in [0.2, 0.25) is 0 Å². The molecule has 0 saturated carbocycles. The van der Waals surface area contributed by atoms with E-state index in [0.717, 1.165) is 16.9 Å². The fraction of sp³-hybridized carbons (Fsp3) is 0.316. The number of ether oxygens (including phenoxy) is 4. The van der Waals surface area contributed by atoms with E-state index in [0.29, 0.717) is 29.4 Å². The second-order valence-corrected chi connectivity index (χ2v) is 5.68. The van der Waals surface area contributed by atoms with E-state index in [2.05, 4.69) is 5.32 Å². The van der Waals surface area contributed by atoms with Gasteiger partial charge in [0.2, 0.25) is 11.7 Å². The molecule has 132 valence electrons. The highest BCUT2D eigenvalue weighted by molar-refractivity contribution is 5.97. The Morgan fingerprint density at radius 1 is 0.920 bits per heavy atom. The zero-order chi connectivity index (χ0) is 18.0. The average molecular weight is 343 g/mol. The van der Waals surface area contributed by atoms with Crippen molar-refractivity contribution in [1.29, 1.82) is 0 Å². The summed E-state index contributed by atoms with van der Waals surface area (Å²) in [7, 11) is 6.32. The lowest BCUT2D eigenvalue weighted by molar-refractivity contribution is -0.116. The van der Waals surface area contributed by atoms with Gasteiger partial charge in [0.1, 0.15) is 5.75 Å². The lowest BCUT2D eigenvalue weighted by Crippen LogP contribution is -2.24. The van der Waals surface area contributed by atoms with Crippen molar-refractivity contribution < 1.29 is 23.7 Å². The molecule has 6 heteroatoms. The predicted octanol–water partition coefficient (Wildman–Crippen LogP) is 3.20. The van der Waals surface area contributed by atoms with Gasteiger partial charge >= 0.3 is 0 Å². The third kappa shape index (κ3) is 2.95. The maximum atomic E-state index is 12.2. The van der Waals surface area contributed by atoms with Crippen molar-refractivity contribution in [3.63, 3.8) is 0 Å². The van der Waals surface area contributed by atoms with E-state index >= 15 is 0 Å². The minimum atomic E-state index is -0.149. The molecule has 1 aliphatic heterocycles. The maximum absolute atomic E-state index is 12.2. The molecule has 3 rings (SSSR count). The van der Waals surface area contributed by atoms with Crippen LogP contribution in [0.3, 0.4) is 0 Å². The van der Waals surface area contributed by atoms with Crippen LogP contribution < -0.4 is 24.3 Å². The Kier molecular flexibility index (Phi) is 4.70. The Morgan fingerprint density at radius 2 is 1.60 bits per heavy atom. The van der Waals surface area contributed by atoms with Crippen LogP contribution in [-0.4, -0.2) is 34.3 Å². The number of methoxy groups -OCH3 is 4. The third-order valence-corrected chi connectivity index (χ3v) is 4.40. The van der Waals surface area contributed by atoms with Crippen LogP contribution in [0.1, 0.15) is 23.5 Å². The summed E-state index contributed by atoms with van der Waals surface area (Å²) in [5.74, 6) is 2.15. The van der Waals surface area contributed by atoms with Crippen molar-refractivity contribution in [3.8, 4) is 23.0 Å². The van der Waals surface area contributed by atoms with Crippen LogP contribution in [0.5, 0.6) is 23.0 Å². The molecule has 0 saturated heterocycles. The van der Waals surface area contributed by atoms with E-state index in [1.54, 1.807) is 34.5 Å². The van der Waals surface area contributed by atoms with Gasteiger partial charge in [-0.25, -0.2) is 0 Å². The summed E-state index contributed by atoms with van der Waals surface area (Å²) in [5.41, 5.74) is 2.55. The number of rotatable bonds is 5. The lowest BCUT2D eigenvalue weighted by Gasteiger charge is -2.29. The Bertz CT molecular complexity index is 785. The molecule has 0 aliphatic carbocycles. The standard InChI is InChI=1S/C19H21NO5/c1-22-12-7-5-11(6-8-12)13-9-16(21)20-14-10-15(23-2)18(24-3)19(25-4)17(13)14/h5-8,10,13H,9H2,1-4H3,(H,20,21). The first-order valence-electron chi connectivity index (χ1n) is 7.89. The van der Waals surface area contributed by atoms with Gasteiger partial charge < -0.3 is 24.3 Å². The molecular weight excluding hydrogens is 322 g/mol. The van der Waals surface area contributed by atoms with Crippen LogP contribution in [0, 0.1) is 0 Å². The third-order valence-electron chi connectivity index (χ3n) is 4.40. The van der Waals surface area contributed by atoms with E-state index in [9.17, 15) is 4.79 Å². The SMILES string of the molecule is COc1ccc(C2CC(=O)Nc3cc(OC)c(OC)c(OC)c32)cc1. The van der Waals surface area contributed by atoms with Gasteiger partial charge in [-0.05, 0) is 17.7 Å². The summed E-state index contributed by atoms with van der Waals surface area (Å²) in [4.78, 5) is 12.2. The van der Waals surface area contributed by atoms with Crippen molar-refractivity contribution in [2.24, 2.45) is 0 Å². The molecule has 1 amide bonds. The van der Waals surface area contributed by atoms with Crippen molar-refractivity contribution in [2.45, 2.75) is 12.3 Å². The number of carbonyl (C=O) groups excluding carboxylic acids is 1. The zero-order valence-electron chi connectivity index (χ0n) is 14.7. The molecule has 25 heavy (non-hydrogen) atoms. The molecule has 1 aliphatic rings. The van der Waals surface area contributed by atoms with Crippen LogP contribution in [0.25, 0.3) is 0 Å². The number of fused-ring (bicyclic) bond motifs is 1. The highest BCUT2D eigenvalue weighted by Gasteiger charge is 2.33. The molecule has 0 spiro atoms. The first kappa shape index (κ1) is 17.0. The number of hydrogen-bond donors (Lipinski definition) is 1. The summed E-state index contributed by atoms with van der Waals surface area (Å²) < 4.78 is 21.7. The van der Waals surface area contributed by atoms with Crippen molar-refractivity contribution in [2.75, 3.05) is 33.8 Å². The van der Waals surface area contributed by atoms with Crippen LogP contribution >= 0.6 is 0 Å². The predicted molar refractivity (Wildman–Crippen MR) is 94.2 cm³/mol. The molecule has 2 aromatic rings. The second-order valence-electron chi connectivity index (χ2n) is 5.68. The molecule has 0 bridgehead atoms. The van der Waals surface area contributed by atoms with Gasteiger partial charge in [0, 0.05) is 24.0 Å². The second kappa shape index (κ2) is 6.93. The first-order chi connectivity index (χ1) is 12.1. The van der Waals surface area contributed by atoms with E-state index in [1.165, 1.54) is 0 Å². The summed E-state index contributed by atoms with van der Waals surface area (Å²) in [6, 6.07) is 9.46. The van der Waals surface area contributed by atoms with Gasteiger partial charge in [0.15, 0.2) is 11.5 Å². The van der Waals surface area contributed by atoms with Crippen LogP contribution in [-0.2, 0) is 4.79 Å². The maximum Gasteiger partial charge on any atom is 0.225 e. The lowest BCUT2D eigenvalue weighted by atomic mass is 9.83. The van der Waals surface area contributed by atoms with Crippen molar-refractivity contribution in [1.82, 2.24) is 0 Å². The number of nitrogens with one attached hydrogen (secondary N) is 1. The monoisotopic (exact) mass is 343 g/mol. The Balaban J connectivity index is 2.19. The van der Waals surface area contributed by atoms with Gasteiger partial charge in [-0.1, -0.05) is 12.1 Å². The fourth-order valence-corrected chi connectivity index (χ4v) is 3.24. The van der Waals surface area contributed by atoms with Gasteiger partial charge in [0.25, 0.3) is 0 Å². The molecule has 0 radical (unpaired) electrons. The number of benzene rings is 2. The van der Waals surface area contributed by atoms with Crippen LogP contribution in [0.15, 0.2) is 30.3 Å². The molecule has 1 unspecified atom stereocenters. The average Bonchev–Trinajstić information content (AvgIpc) is 2.65. The van der Waals surface area contributed by atoms with Crippen molar-refractivity contribution in [3.05, 3.63) is 41.5 Å². The molecule has 0 fully saturated rings. The Hall–Kier alpha value is -2.89. The molecular formula is C19H21NO5. The summed E-state index contributed by atoms with van der Waals surface area (Å²) in [6.07, 6.45) is 0.325. The highest BCUT2D eigenvalue weighted by Crippen LogP contribution is 2.51. The number of hydrogen-bond acceptors (Lipinski definition) is 5. The van der Waals surface area contributed by atoms with E-state index in [4.69, 9.17) is 18.9 Å². The quantitative estimate of drug-likeness (QED) is 0.903. The largest absolute Gasteiger partial charge is 0.497 e. The summed E-state index contributed by atoms with van der Waals surface area (Å²) in [5, 5.41) is 2.90. The van der Waals surface area contributed by atoms with Gasteiger partial charge in [0.05, 0.1) is 34.1 Å². The molecule has 1 atom stereocenters. The van der Waals surface area contributed by atoms with Gasteiger partial charge in [-0.2, -0.15) is 0 Å². The number of amides is 1. The van der Waals surface area contributed by atoms with Gasteiger partial charge in [-0.15, -0.1) is 0 Å². The zero-order valence-corrected chi connectivity index (χ0v) is 14.7. The smallest absolute Gasteiger partial charge is 0.225 e. The van der Waals surface area contributed by atoms with Crippen LogP contribution in [0.4, 0.5) is 5.69 Å². The summed E-state index contributed by atoms with van der Waals surface area (Å²) >= 11 is 0. The fourth-order valence-electron chi connectivity index (χ4n) is 3.24. The molecule has 1 N–H and O–H groups in total. The molecule has 6 nitrogen and oxygen atoms in total. The normalized spacial score (nSPS) is 15.8. The minimum Gasteiger partial charge on any atom is -0.497 e. The number of carbonyl (C=O) groups is 1. The Morgan fingerprint density at radius 3 is 2.16 bits per heavy atom. The molecule has 0 aromatic heterocycles. The van der Waals surface area contributed by atoms with E-state index in [1.807, 2.05) is 24.3 Å². The van der Waals surface area contributed by atoms with Gasteiger partial charge in [-0.3, -0.25) is 4.79 Å². The van der Waals surface area contributed by atoms with E-state index in [-0.39, 0.29) is 11.8 Å². The van der Waals surface area contributed by atoms with Crippen molar-refractivity contribution >= 4 is 11.6 Å². The number of anilines is 1.